The number of carbonyl (C=O) groups excluding carboxylic acids is 1. The van der Waals surface area contributed by atoms with E-state index in [0.717, 1.165) is 17.0 Å². The summed E-state index contributed by atoms with van der Waals surface area (Å²) in [5.74, 6) is 2.66. The maximum Gasteiger partial charge on any atom is 0.232 e. The Balaban J connectivity index is 1.53. The number of aromatic nitrogens is 2. The first-order chi connectivity index (χ1) is 14.6. The van der Waals surface area contributed by atoms with Gasteiger partial charge in [-0.15, -0.1) is 0 Å². The van der Waals surface area contributed by atoms with E-state index < -0.39 is 0 Å². The van der Waals surface area contributed by atoms with Gasteiger partial charge in [-0.2, -0.15) is 4.98 Å². The number of benzene rings is 2. The third kappa shape index (κ3) is 3.80. The molecule has 1 unspecified atom stereocenters. The summed E-state index contributed by atoms with van der Waals surface area (Å²) in [5.41, 5.74) is 1.54. The maximum atomic E-state index is 12.7. The predicted octanol–water partition coefficient (Wildman–Crippen LogP) is 3.67. The first-order valence-corrected chi connectivity index (χ1v) is 9.72. The standard InChI is InChI=1S/C22H23N3O5/c1-4-29-17-7-5-6-14(10-17)21-23-22(30-24-21)15-11-20(26)25(13-15)16-8-9-18(27-2)19(12-16)28-3/h5-10,12,15H,4,11,13H2,1-3H3. The number of rotatable bonds is 7. The summed E-state index contributed by atoms with van der Waals surface area (Å²) in [6.45, 7) is 2.96. The van der Waals surface area contributed by atoms with Crippen LogP contribution in [0.3, 0.4) is 0 Å². The molecule has 1 aromatic heterocycles. The molecular formula is C22H23N3O5. The molecule has 1 amide bonds. The second kappa shape index (κ2) is 8.44. The third-order valence-corrected chi connectivity index (χ3v) is 5.00. The van der Waals surface area contributed by atoms with Gasteiger partial charge in [0.05, 0.1) is 26.7 Å². The van der Waals surface area contributed by atoms with Crippen molar-refractivity contribution in [1.82, 2.24) is 10.1 Å². The first-order valence-electron chi connectivity index (χ1n) is 9.72. The van der Waals surface area contributed by atoms with Gasteiger partial charge in [-0.1, -0.05) is 17.3 Å². The lowest BCUT2D eigenvalue weighted by Gasteiger charge is -2.18. The fourth-order valence-corrected chi connectivity index (χ4v) is 3.53. The molecule has 0 N–H and O–H groups in total. The molecule has 8 nitrogen and oxygen atoms in total. The van der Waals surface area contributed by atoms with Gasteiger partial charge in [-0.3, -0.25) is 4.79 Å². The van der Waals surface area contributed by atoms with E-state index in [9.17, 15) is 4.79 Å². The molecule has 156 valence electrons. The average Bonchev–Trinajstić information content (AvgIpc) is 3.41. The summed E-state index contributed by atoms with van der Waals surface area (Å²) >= 11 is 0. The van der Waals surface area contributed by atoms with Crippen molar-refractivity contribution in [3.63, 3.8) is 0 Å². The molecule has 30 heavy (non-hydrogen) atoms. The third-order valence-electron chi connectivity index (χ3n) is 5.00. The molecule has 0 radical (unpaired) electrons. The summed E-state index contributed by atoms with van der Waals surface area (Å²) in [4.78, 5) is 18.9. The first kappa shape index (κ1) is 19.8. The van der Waals surface area contributed by atoms with E-state index >= 15 is 0 Å². The number of nitrogens with zero attached hydrogens (tertiary/aromatic N) is 3. The van der Waals surface area contributed by atoms with Gasteiger partial charge in [-0.25, -0.2) is 0 Å². The zero-order valence-electron chi connectivity index (χ0n) is 17.1. The van der Waals surface area contributed by atoms with Crippen LogP contribution in [0.2, 0.25) is 0 Å². The Hall–Kier alpha value is -3.55. The van der Waals surface area contributed by atoms with Crippen LogP contribution in [-0.4, -0.2) is 43.4 Å². The van der Waals surface area contributed by atoms with E-state index in [1.807, 2.05) is 37.3 Å². The zero-order valence-corrected chi connectivity index (χ0v) is 17.1. The molecule has 0 bridgehead atoms. The average molecular weight is 409 g/mol. The van der Waals surface area contributed by atoms with Crippen LogP contribution in [0.15, 0.2) is 47.0 Å². The van der Waals surface area contributed by atoms with Gasteiger partial charge in [0.25, 0.3) is 0 Å². The number of methoxy groups -OCH3 is 2. The monoisotopic (exact) mass is 409 g/mol. The minimum atomic E-state index is -0.179. The van der Waals surface area contributed by atoms with Gasteiger partial charge >= 0.3 is 0 Å². The molecule has 2 aromatic carbocycles. The van der Waals surface area contributed by atoms with Gasteiger partial charge < -0.3 is 23.6 Å². The van der Waals surface area contributed by atoms with Crippen molar-refractivity contribution in [1.29, 1.82) is 0 Å². The van der Waals surface area contributed by atoms with Crippen molar-refractivity contribution in [3.05, 3.63) is 48.4 Å². The van der Waals surface area contributed by atoms with Crippen LogP contribution in [0.1, 0.15) is 25.2 Å². The Morgan fingerprint density at radius 2 is 1.97 bits per heavy atom. The van der Waals surface area contributed by atoms with Crippen molar-refractivity contribution in [3.8, 4) is 28.6 Å². The highest BCUT2D eigenvalue weighted by atomic mass is 16.5. The van der Waals surface area contributed by atoms with Crippen molar-refractivity contribution < 1.29 is 23.5 Å². The van der Waals surface area contributed by atoms with E-state index in [4.69, 9.17) is 18.7 Å². The van der Waals surface area contributed by atoms with Crippen LogP contribution in [0.4, 0.5) is 5.69 Å². The highest BCUT2D eigenvalue weighted by Gasteiger charge is 2.35. The second-order valence-corrected chi connectivity index (χ2v) is 6.86. The minimum absolute atomic E-state index is 0.00897. The highest BCUT2D eigenvalue weighted by Crippen LogP contribution is 2.36. The molecule has 1 atom stereocenters. The summed E-state index contributed by atoms with van der Waals surface area (Å²) in [5, 5.41) is 4.10. The summed E-state index contributed by atoms with van der Waals surface area (Å²) in [6.07, 6.45) is 0.301. The number of hydrogen-bond donors (Lipinski definition) is 0. The largest absolute Gasteiger partial charge is 0.494 e. The fourth-order valence-electron chi connectivity index (χ4n) is 3.53. The van der Waals surface area contributed by atoms with E-state index in [1.54, 1.807) is 31.3 Å². The van der Waals surface area contributed by atoms with E-state index in [2.05, 4.69) is 10.1 Å². The molecule has 2 heterocycles. The Morgan fingerprint density at radius 1 is 1.13 bits per heavy atom. The van der Waals surface area contributed by atoms with Crippen molar-refractivity contribution >= 4 is 11.6 Å². The lowest BCUT2D eigenvalue weighted by atomic mass is 10.1. The Morgan fingerprint density at radius 3 is 2.73 bits per heavy atom. The SMILES string of the molecule is CCOc1cccc(-c2noc(C3CC(=O)N(c4ccc(OC)c(OC)c4)C3)n2)c1. The summed E-state index contributed by atoms with van der Waals surface area (Å²) in [7, 11) is 3.14. The van der Waals surface area contributed by atoms with Crippen molar-refractivity contribution in [2.45, 2.75) is 19.3 Å². The summed E-state index contributed by atoms with van der Waals surface area (Å²) < 4.78 is 21.6. The van der Waals surface area contributed by atoms with Gasteiger partial charge in [0, 0.05) is 30.3 Å². The quantitative estimate of drug-likeness (QED) is 0.588. The Kier molecular flexibility index (Phi) is 5.56. The Bertz CT molecular complexity index is 1050. The van der Waals surface area contributed by atoms with E-state index in [0.29, 0.717) is 42.8 Å². The predicted molar refractivity (Wildman–Crippen MR) is 110 cm³/mol. The topological polar surface area (TPSA) is 86.9 Å². The zero-order chi connectivity index (χ0) is 21.1. The molecule has 0 spiro atoms. The van der Waals surface area contributed by atoms with Crippen LogP contribution in [-0.2, 0) is 4.79 Å². The number of hydrogen-bond acceptors (Lipinski definition) is 7. The fraction of sp³-hybridized carbons (Fsp3) is 0.318. The molecule has 0 saturated carbocycles. The summed E-state index contributed by atoms with van der Waals surface area (Å²) in [6, 6.07) is 12.9. The minimum Gasteiger partial charge on any atom is -0.494 e. The van der Waals surface area contributed by atoms with Crippen molar-refractivity contribution in [2.75, 3.05) is 32.3 Å². The van der Waals surface area contributed by atoms with Gasteiger partial charge in [0.1, 0.15) is 5.75 Å². The molecule has 1 aliphatic rings. The van der Waals surface area contributed by atoms with E-state index in [1.165, 1.54) is 0 Å². The number of ether oxygens (including phenoxy) is 3. The maximum absolute atomic E-state index is 12.7. The molecule has 1 aliphatic heterocycles. The van der Waals surface area contributed by atoms with Crippen LogP contribution >= 0.6 is 0 Å². The lowest BCUT2D eigenvalue weighted by molar-refractivity contribution is -0.117. The van der Waals surface area contributed by atoms with Crippen LogP contribution < -0.4 is 19.1 Å². The molecule has 4 rings (SSSR count). The van der Waals surface area contributed by atoms with Gasteiger partial charge in [0.15, 0.2) is 11.5 Å². The van der Waals surface area contributed by atoms with Crippen LogP contribution in [0.5, 0.6) is 17.2 Å². The molecule has 1 saturated heterocycles. The van der Waals surface area contributed by atoms with Crippen molar-refractivity contribution in [2.24, 2.45) is 0 Å². The van der Waals surface area contributed by atoms with E-state index in [-0.39, 0.29) is 11.8 Å². The van der Waals surface area contributed by atoms with Gasteiger partial charge in [0.2, 0.25) is 17.6 Å². The molecular weight excluding hydrogens is 386 g/mol. The number of carbonyl (C=O) groups is 1. The molecule has 8 heteroatoms. The highest BCUT2D eigenvalue weighted by molar-refractivity contribution is 5.96. The second-order valence-electron chi connectivity index (χ2n) is 6.86. The number of anilines is 1. The smallest absolute Gasteiger partial charge is 0.232 e. The number of amides is 1. The van der Waals surface area contributed by atoms with Gasteiger partial charge in [-0.05, 0) is 31.2 Å². The normalized spacial score (nSPS) is 16.0. The van der Waals surface area contributed by atoms with Crippen LogP contribution in [0, 0.1) is 0 Å². The lowest BCUT2D eigenvalue weighted by Crippen LogP contribution is -2.24. The van der Waals surface area contributed by atoms with Crippen LogP contribution in [0.25, 0.3) is 11.4 Å². The molecule has 3 aromatic rings. The molecule has 0 aliphatic carbocycles. The Labute approximate surface area is 174 Å². The molecule has 1 fully saturated rings.